The summed E-state index contributed by atoms with van der Waals surface area (Å²) in [7, 11) is 1.68. The molecule has 1 N–H and O–H groups in total. The van der Waals surface area contributed by atoms with Gasteiger partial charge in [0.2, 0.25) is 0 Å². The van der Waals surface area contributed by atoms with E-state index in [4.69, 9.17) is 4.74 Å². The highest BCUT2D eigenvalue weighted by Crippen LogP contribution is 2.54. The first-order valence-electron chi connectivity index (χ1n) is 9.58. The van der Waals surface area contributed by atoms with Crippen LogP contribution in [0, 0.1) is 5.41 Å². The van der Waals surface area contributed by atoms with Gasteiger partial charge < -0.3 is 9.84 Å². The zero-order valence-corrected chi connectivity index (χ0v) is 16.3. The summed E-state index contributed by atoms with van der Waals surface area (Å²) < 4.78 is 5.95. The average Bonchev–Trinajstić information content (AvgIpc) is 2.71. The summed E-state index contributed by atoms with van der Waals surface area (Å²) >= 11 is 0. The summed E-state index contributed by atoms with van der Waals surface area (Å²) in [5.74, 6) is 0. The van der Waals surface area contributed by atoms with Crippen molar-refractivity contribution < 1.29 is 9.84 Å². The molecule has 2 rings (SSSR count). The number of benzene rings is 2. The van der Waals surface area contributed by atoms with Crippen molar-refractivity contribution in [2.45, 2.75) is 51.2 Å². The molecule has 3 atom stereocenters. The Labute approximate surface area is 158 Å². The van der Waals surface area contributed by atoms with Gasteiger partial charge in [0, 0.05) is 12.5 Å². The topological polar surface area (TPSA) is 29.5 Å². The maximum Gasteiger partial charge on any atom is 0.129 e. The van der Waals surface area contributed by atoms with E-state index in [1.165, 1.54) is 0 Å². The van der Waals surface area contributed by atoms with Crippen molar-refractivity contribution >= 4 is 0 Å². The third-order valence-electron chi connectivity index (χ3n) is 5.69. The second-order valence-corrected chi connectivity index (χ2v) is 6.98. The normalized spacial score (nSPS) is 17.1. The summed E-state index contributed by atoms with van der Waals surface area (Å²) in [4.78, 5) is 0. The van der Waals surface area contributed by atoms with Gasteiger partial charge in [-0.1, -0.05) is 93.4 Å². The number of unbranched alkanes of at least 4 members (excludes halogenated alkanes) is 1. The molecule has 2 aromatic carbocycles. The van der Waals surface area contributed by atoms with E-state index in [1.54, 1.807) is 7.11 Å². The Hall–Kier alpha value is -1.90. The van der Waals surface area contributed by atoms with Gasteiger partial charge in [0.25, 0.3) is 0 Å². The zero-order valence-electron chi connectivity index (χ0n) is 16.3. The Morgan fingerprint density at radius 1 is 1.04 bits per heavy atom. The van der Waals surface area contributed by atoms with Crippen molar-refractivity contribution in [2.75, 3.05) is 7.11 Å². The molecular formula is C24H32O2. The number of hydrogen-bond acceptors (Lipinski definition) is 2. The van der Waals surface area contributed by atoms with Crippen LogP contribution in [0.15, 0.2) is 73.3 Å². The molecule has 26 heavy (non-hydrogen) atoms. The molecular weight excluding hydrogens is 320 g/mol. The van der Waals surface area contributed by atoms with Gasteiger partial charge in [-0.2, -0.15) is 0 Å². The van der Waals surface area contributed by atoms with Crippen molar-refractivity contribution in [3.63, 3.8) is 0 Å². The lowest BCUT2D eigenvalue weighted by Gasteiger charge is -2.50. The molecule has 0 fully saturated rings. The largest absolute Gasteiger partial charge is 0.381 e. The Morgan fingerprint density at radius 2 is 1.62 bits per heavy atom. The van der Waals surface area contributed by atoms with E-state index in [-0.39, 0.29) is 0 Å². The fourth-order valence-corrected chi connectivity index (χ4v) is 4.10. The van der Waals surface area contributed by atoms with Crippen LogP contribution in [0.5, 0.6) is 0 Å². The van der Waals surface area contributed by atoms with Crippen molar-refractivity contribution in [1.82, 2.24) is 0 Å². The van der Waals surface area contributed by atoms with E-state index < -0.39 is 17.1 Å². The highest BCUT2D eigenvalue weighted by molar-refractivity contribution is 5.34. The first-order chi connectivity index (χ1) is 12.6. The molecule has 0 spiro atoms. The number of methoxy groups -OCH3 is 1. The van der Waals surface area contributed by atoms with E-state index in [0.29, 0.717) is 0 Å². The average molecular weight is 353 g/mol. The lowest BCUT2D eigenvalue weighted by atomic mass is 9.60. The van der Waals surface area contributed by atoms with Crippen LogP contribution >= 0.6 is 0 Å². The molecule has 2 aromatic rings. The van der Waals surface area contributed by atoms with Crippen LogP contribution in [0.3, 0.4) is 0 Å². The van der Waals surface area contributed by atoms with Gasteiger partial charge in [-0.05, 0) is 24.0 Å². The first-order valence-corrected chi connectivity index (χ1v) is 9.58. The lowest BCUT2D eigenvalue weighted by Crippen LogP contribution is -2.49. The quantitative estimate of drug-likeness (QED) is 0.529. The smallest absolute Gasteiger partial charge is 0.129 e. The van der Waals surface area contributed by atoms with E-state index >= 15 is 0 Å². The molecule has 0 aliphatic heterocycles. The minimum absolute atomic E-state index is 0.485. The number of rotatable bonds is 10. The summed E-state index contributed by atoms with van der Waals surface area (Å²) in [6.45, 7) is 8.45. The summed E-state index contributed by atoms with van der Waals surface area (Å²) in [6, 6.07) is 19.9. The Morgan fingerprint density at radius 3 is 2.08 bits per heavy atom. The van der Waals surface area contributed by atoms with Crippen LogP contribution in [0.2, 0.25) is 0 Å². The van der Waals surface area contributed by atoms with E-state index in [9.17, 15) is 5.11 Å². The van der Waals surface area contributed by atoms with Crippen molar-refractivity contribution in [2.24, 2.45) is 5.41 Å². The van der Waals surface area contributed by atoms with Crippen molar-refractivity contribution in [3.05, 3.63) is 84.4 Å². The standard InChI is InChI=1S/C24H32O2/c1-5-8-19-23(6-2,7-3)24(25,21-17-13-10-14-18-21)22(26-4)20-15-11-9-12-16-20/h6,9-18,22,25H,2,5,7-8,19H2,1,3-4H3/t22-,23-,24-/m1/s1. The molecule has 2 heteroatoms. The monoisotopic (exact) mass is 352 g/mol. The number of ether oxygens (including phenoxy) is 1. The molecule has 0 aliphatic rings. The minimum atomic E-state index is -1.21. The molecule has 0 aliphatic carbocycles. The molecule has 0 saturated heterocycles. The molecule has 0 heterocycles. The van der Waals surface area contributed by atoms with Gasteiger partial charge in [0.05, 0.1) is 0 Å². The van der Waals surface area contributed by atoms with Crippen molar-refractivity contribution in [1.29, 1.82) is 0 Å². The van der Waals surface area contributed by atoms with E-state index in [0.717, 1.165) is 36.8 Å². The maximum absolute atomic E-state index is 12.3. The SMILES string of the molecule is C=C[C@@](CC)(CCCC)[C@@](O)(c1ccccc1)[C@H](OC)c1ccccc1. The Bertz CT molecular complexity index is 667. The van der Waals surface area contributed by atoms with Gasteiger partial charge in [-0.15, -0.1) is 6.58 Å². The fraction of sp³-hybridized carbons (Fsp3) is 0.417. The summed E-state index contributed by atoms with van der Waals surface area (Å²) in [5.41, 5.74) is 0.141. The molecule has 0 radical (unpaired) electrons. The first kappa shape index (κ1) is 20.4. The second kappa shape index (κ2) is 9.16. The predicted octanol–water partition coefficient (Wildman–Crippen LogP) is 6.03. The zero-order chi connectivity index (χ0) is 19.0. The molecule has 2 nitrogen and oxygen atoms in total. The van der Waals surface area contributed by atoms with Gasteiger partial charge in [-0.3, -0.25) is 0 Å². The maximum atomic E-state index is 12.3. The third-order valence-corrected chi connectivity index (χ3v) is 5.69. The molecule has 0 unspecified atom stereocenters. The fourth-order valence-electron chi connectivity index (χ4n) is 4.10. The van der Waals surface area contributed by atoms with E-state index in [2.05, 4.69) is 20.4 Å². The second-order valence-electron chi connectivity index (χ2n) is 6.98. The predicted molar refractivity (Wildman–Crippen MR) is 109 cm³/mol. The van der Waals surface area contributed by atoms with Crippen molar-refractivity contribution in [3.8, 4) is 0 Å². The molecule has 0 bridgehead atoms. The van der Waals surface area contributed by atoms with Crippen LogP contribution in [0.25, 0.3) is 0 Å². The summed E-state index contributed by atoms with van der Waals surface area (Å²) in [5, 5.41) is 12.3. The Balaban J connectivity index is 2.71. The van der Waals surface area contributed by atoms with Gasteiger partial charge in [-0.25, -0.2) is 0 Å². The third kappa shape index (κ3) is 3.62. The molecule has 0 saturated carbocycles. The minimum Gasteiger partial charge on any atom is -0.381 e. The van der Waals surface area contributed by atoms with E-state index in [1.807, 2.05) is 66.7 Å². The van der Waals surface area contributed by atoms with Gasteiger partial charge >= 0.3 is 0 Å². The number of hydrogen-bond donors (Lipinski definition) is 1. The highest BCUT2D eigenvalue weighted by Gasteiger charge is 2.53. The van der Waals surface area contributed by atoms with Gasteiger partial charge in [0.15, 0.2) is 0 Å². The molecule has 0 amide bonds. The number of aliphatic hydroxyl groups is 1. The van der Waals surface area contributed by atoms with Crippen LogP contribution in [0.1, 0.15) is 56.8 Å². The van der Waals surface area contributed by atoms with Gasteiger partial charge in [0.1, 0.15) is 11.7 Å². The molecule has 0 aromatic heterocycles. The Kier molecular flexibility index (Phi) is 7.19. The summed E-state index contributed by atoms with van der Waals surface area (Å²) in [6.07, 6.45) is 5.21. The lowest BCUT2D eigenvalue weighted by molar-refractivity contribution is -0.169. The van der Waals surface area contributed by atoms with Crippen LogP contribution < -0.4 is 0 Å². The molecule has 140 valence electrons. The highest BCUT2D eigenvalue weighted by atomic mass is 16.5. The van der Waals surface area contributed by atoms with Crippen LogP contribution in [-0.2, 0) is 10.3 Å². The van der Waals surface area contributed by atoms with Crippen LogP contribution in [0.4, 0.5) is 0 Å². The van der Waals surface area contributed by atoms with Crippen LogP contribution in [-0.4, -0.2) is 12.2 Å².